The maximum absolute atomic E-state index is 9.54. The van der Waals surface area contributed by atoms with Crippen LogP contribution in [0.1, 0.15) is 57.2 Å². The van der Waals surface area contributed by atoms with Crippen molar-refractivity contribution in [2.24, 2.45) is 0 Å². The largest absolute Gasteiger partial charge is 0.395 e. The number of aliphatic hydroxyl groups excluding tert-OH is 1. The highest BCUT2D eigenvalue weighted by Crippen LogP contribution is 2.26. The molecule has 0 amide bonds. The first-order valence-corrected chi connectivity index (χ1v) is 8.18. The molecule has 1 aromatic heterocycles. The minimum absolute atomic E-state index is 0.129. The van der Waals surface area contributed by atoms with E-state index in [2.05, 4.69) is 31.1 Å². The van der Waals surface area contributed by atoms with Crippen LogP contribution in [0.3, 0.4) is 0 Å². The predicted molar refractivity (Wildman–Crippen MR) is 80.6 cm³/mol. The first kappa shape index (κ1) is 14.9. The summed E-state index contributed by atoms with van der Waals surface area (Å²) in [7, 11) is 0. The third kappa shape index (κ3) is 4.01. The van der Waals surface area contributed by atoms with Crippen molar-refractivity contribution >= 4 is 11.3 Å². The number of nitrogens with zero attached hydrogens (tertiary/aromatic N) is 2. The quantitative estimate of drug-likeness (QED) is 0.925. The van der Waals surface area contributed by atoms with Crippen molar-refractivity contribution in [3.05, 3.63) is 16.1 Å². The summed E-state index contributed by atoms with van der Waals surface area (Å²) in [6.45, 7) is 8.87. The van der Waals surface area contributed by atoms with Gasteiger partial charge < -0.3 is 5.11 Å². The monoisotopic (exact) mass is 282 g/mol. The smallest absolute Gasteiger partial charge is 0.107 e. The number of aromatic nitrogens is 1. The third-order valence-corrected chi connectivity index (χ3v) is 4.70. The van der Waals surface area contributed by atoms with Crippen molar-refractivity contribution in [1.82, 2.24) is 9.88 Å². The maximum atomic E-state index is 9.54. The van der Waals surface area contributed by atoms with Gasteiger partial charge in [0.05, 0.1) is 18.8 Å². The fraction of sp³-hybridized carbons (Fsp3) is 0.800. The first-order valence-electron chi connectivity index (χ1n) is 7.30. The lowest BCUT2D eigenvalue weighted by molar-refractivity contribution is 0.118. The Morgan fingerprint density at radius 3 is 2.79 bits per heavy atom. The zero-order valence-electron chi connectivity index (χ0n) is 12.4. The molecule has 2 rings (SSSR count). The van der Waals surface area contributed by atoms with Crippen molar-refractivity contribution in [2.75, 3.05) is 13.2 Å². The van der Waals surface area contributed by atoms with E-state index < -0.39 is 0 Å². The van der Waals surface area contributed by atoms with Gasteiger partial charge in [0, 0.05) is 16.8 Å². The van der Waals surface area contributed by atoms with Gasteiger partial charge in [-0.05, 0) is 19.4 Å². The van der Waals surface area contributed by atoms with E-state index in [9.17, 15) is 5.11 Å². The van der Waals surface area contributed by atoms with Crippen LogP contribution in [0.5, 0.6) is 0 Å². The van der Waals surface area contributed by atoms with Crippen molar-refractivity contribution < 1.29 is 5.11 Å². The molecule has 1 atom stereocenters. The molecule has 1 aliphatic heterocycles. The summed E-state index contributed by atoms with van der Waals surface area (Å²) in [6, 6.07) is 0.324. The van der Waals surface area contributed by atoms with Gasteiger partial charge >= 0.3 is 0 Å². The highest BCUT2D eigenvalue weighted by molar-refractivity contribution is 7.09. The second-order valence-electron chi connectivity index (χ2n) is 6.53. The molecule has 0 aliphatic carbocycles. The van der Waals surface area contributed by atoms with Crippen LogP contribution in [0.2, 0.25) is 0 Å². The van der Waals surface area contributed by atoms with Crippen LogP contribution in [-0.4, -0.2) is 34.2 Å². The Morgan fingerprint density at radius 1 is 1.37 bits per heavy atom. The van der Waals surface area contributed by atoms with Crippen LogP contribution >= 0.6 is 11.3 Å². The molecule has 0 radical (unpaired) electrons. The van der Waals surface area contributed by atoms with Gasteiger partial charge in [-0.3, -0.25) is 4.90 Å². The number of hydrogen-bond donors (Lipinski definition) is 1. The number of aliphatic hydroxyl groups is 1. The van der Waals surface area contributed by atoms with E-state index in [1.165, 1.54) is 30.0 Å². The van der Waals surface area contributed by atoms with Crippen molar-refractivity contribution in [3.63, 3.8) is 0 Å². The summed E-state index contributed by atoms with van der Waals surface area (Å²) in [4.78, 5) is 7.19. The molecular weight excluding hydrogens is 256 g/mol. The van der Waals surface area contributed by atoms with Gasteiger partial charge in [0.1, 0.15) is 5.01 Å². The average Bonchev–Trinajstić information content (AvgIpc) is 2.70. The van der Waals surface area contributed by atoms with E-state index in [0.29, 0.717) is 6.04 Å². The van der Waals surface area contributed by atoms with Gasteiger partial charge in [-0.1, -0.05) is 33.6 Å². The molecule has 1 unspecified atom stereocenters. The van der Waals surface area contributed by atoms with Crippen LogP contribution in [0.4, 0.5) is 0 Å². The van der Waals surface area contributed by atoms with Gasteiger partial charge in [0.15, 0.2) is 0 Å². The molecule has 1 saturated heterocycles. The van der Waals surface area contributed by atoms with Crippen molar-refractivity contribution in [1.29, 1.82) is 0 Å². The zero-order chi connectivity index (χ0) is 13.9. The van der Waals surface area contributed by atoms with Gasteiger partial charge in [-0.25, -0.2) is 4.98 Å². The molecule has 3 nitrogen and oxygen atoms in total. The first-order chi connectivity index (χ1) is 9.00. The molecule has 0 spiro atoms. The number of likely N-dealkylation sites (tertiary alicyclic amines) is 1. The molecule has 1 aromatic rings. The van der Waals surface area contributed by atoms with Gasteiger partial charge in [0.25, 0.3) is 0 Å². The van der Waals surface area contributed by atoms with Crippen LogP contribution in [0.25, 0.3) is 0 Å². The molecule has 0 saturated carbocycles. The second-order valence-corrected chi connectivity index (χ2v) is 7.48. The van der Waals surface area contributed by atoms with E-state index in [4.69, 9.17) is 4.98 Å². The topological polar surface area (TPSA) is 36.4 Å². The Bertz CT molecular complexity index is 397. The summed E-state index contributed by atoms with van der Waals surface area (Å²) < 4.78 is 0. The summed E-state index contributed by atoms with van der Waals surface area (Å²) in [6.07, 6.45) is 4.90. The minimum Gasteiger partial charge on any atom is -0.395 e. The molecule has 0 aromatic carbocycles. The van der Waals surface area contributed by atoms with E-state index in [1.54, 1.807) is 11.3 Å². The summed E-state index contributed by atoms with van der Waals surface area (Å²) in [5.74, 6) is 0. The molecule has 1 N–H and O–H groups in total. The number of hydrogen-bond acceptors (Lipinski definition) is 4. The van der Waals surface area contributed by atoms with Crippen LogP contribution in [0, 0.1) is 0 Å². The summed E-state index contributed by atoms with van der Waals surface area (Å²) >= 11 is 1.75. The van der Waals surface area contributed by atoms with Gasteiger partial charge in [0.2, 0.25) is 0 Å². The van der Waals surface area contributed by atoms with Gasteiger partial charge in [-0.2, -0.15) is 0 Å². The van der Waals surface area contributed by atoms with Crippen LogP contribution in [-0.2, 0) is 12.0 Å². The average molecular weight is 282 g/mol. The lowest BCUT2D eigenvalue weighted by Gasteiger charge is -2.27. The minimum atomic E-state index is 0.129. The van der Waals surface area contributed by atoms with Crippen LogP contribution < -0.4 is 0 Å². The van der Waals surface area contributed by atoms with E-state index in [-0.39, 0.29) is 12.0 Å². The molecule has 2 heterocycles. The standard InChI is InChI=1S/C15H26N2OS/c1-15(2,3)13-11-19-14(16-13)9-17-8-6-4-5-7-12(17)10-18/h11-12,18H,4-10H2,1-3H3. The highest BCUT2D eigenvalue weighted by Gasteiger charge is 2.23. The molecular formula is C15H26N2OS. The molecule has 1 aliphatic rings. The highest BCUT2D eigenvalue weighted by atomic mass is 32.1. The number of thiazole rings is 1. The Kier molecular flexibility index (Phi) is 4.98. The normalized spacial score (nSPS) is 22.4. The second kappa shape index (κ2) is 6.33. The van der Waals surface area contributed by atoms with E-state index in [1.807, 2.05) is 0 Å². The molecule has 4 heteroatoms. The maximum Gasteiger partial charge on any atom is 0.107 e. The lowest BCUT2D eigenvalue weighted by atomic mass is 9.93. The van der Waals surface area contributed by atoms with Crippen molar-refractivity contribution in [3.8, 4) is 0 Å². The van der Waals surface area contributed by atoms with Crippen molar-refractivity contribution in [2.45, 2.75) is 64.5 Å². The molecule has 1 fully saturated rings. The van der Waals surface area contributed by atoms with E-state index in [0.717, 1.165) is 19.5 Å². The number of rotatable bonds is 3. The predicted octanol–water partition coefficient (Wildman–Crippen LogP) is 3.18. The molecule has 108 valence electrons. The van der Waals surface area contributed by atoms with E-state index >= 15 is 0 Å². The summed E-state index contributed by atoms with van der Waals surface area (Å²) in [5, 5.41) is 12.9. The Labute approximate surface area is 120 Å². The fourth-order valence-corrected chi connectivity index (χ4v) is 3.60. The van der Waals surface area contributed by atoms with Gasteiger partial charge in [-0.15, -0.1) is 11.3 Å². The Hall–Kier alpha value is -0.450. The third-order valence-electron chi connectivity index (χ3n) is 3.87. The molecule has 0 bridgehead atoms. The molecule has 19 heavy (non-hydrogen) atoms. The van der Waals surface area contributed by atoms with Crippen LogP contribution in [0.15, 0.2) is 5.38 Å². The SMILES string of the molecule is CC(C)(C)c1csc(CN2CCCCCC2CO)n1. The zero-order valence-corrected chi connectivity index (χ0v) is 13.2. The fourth-order valence-electron chi connectivity index (χ4n) is 2.55. The lowest BCUT2D eigenvalue weighted by Crippen LogP contribution is -2.36. The Morgan fingerprint density at radius 2 is 2.16 bits per heavy atom. The Balaban J connectivity index is 2.04. The summed E-state index contributed by atoms with van der Waals surface area (Å²) in [5.41, 5.74) is 1.31.